The second-order valence-electron chi connectivity index (χ2n) is 7.83. The number of hydrogen-bond donors (Lipinski definition) is 1. The molecule has 0 unspecified atom stereocenters. The third-order valence-electron chi connectivity index (χ3n) is 4.92. The van der Waals surface area contributed by atoms with Crippen molar-refractivity contribution in [1.82, 2.24) is 4.98 Å². The molecule has 3 aromatic rings. The monoisotopic (exact) mass is 408 g/mol. The van der Waals surface area contributed by atoms with E-state index in [1.54, 1.807) is 0 Å². The third-order valence-corrected chi connectivity index (χ3v) is 5.68. The van der Waals surface area contributed by atoms with Crippen molar-refractivity contribution in [3.8, 4) is 17.0 Å². The Morgan fingerprint density at radius 2 is 1.76 bits per heavy atom. The first kappa shape index (κ1) is 21.1. The smallest absolute Gasteiger partial charge is 0.264 e. The van der Waals surface area contributed by atoms with Crippen LogP contribution in [0.3, 0.4) is 0 Å². The number of amides is 1. The number of ether oxygens (including phenoxy) is 1. The number of aromatic nitrogens is 1. The minimum Gasteiger partial charge on any atom is -0.483 e. The third kappa shape index (κ3) is 5.04. The van der Waals surface area contributed by atoms with Gasteiger partial charge < -0.3 is 4.74 Å². The van der Waals surface area contributed by atoms with Crippen LogP contribution in [0.5, 0.6) is 5.75 Å². The molecule has 152 valence electrons. The second-order valence-corrected chi connectivity index (χ2v) is 8.69. The van der Waals surface area contributed by atoms with Crippen molar-refractivity contribution in [2.45, 2.75) is 47.5 Å². The molecule has 1 heterocycles. The molecule has 0 saturated heterocycles. The van der Waals surface area contributed by atoms with E-state index in [2.05, 4.69) is 63.1 Å². The van der Waals surface area contributed by atoms with Crippen molar-refractivity contribution in [3.05, 3.63) is 63.5 Å². The maximum absolute atomic E-state index is 12.4. The van der Waals surface area contributed by atoms with Crippen molar-refractivity contribution in [1.29, 1.82) is 0 Å². The van der Waals surface area contributed by atoms with Gasteiger partial charge in [0.2, 0.25) is 0 Å². The SMILES string of the molecule is Cc1cc(C)c(-c2csc(NC(=O)COc3cc(C(C)C)ccc3C)n2)c(C)c1. The molecule has 0 saturated carbocycles. The molecule has 0 bridgehead atoms. The van der Waals surface area contributed by atoms with Crippen LogP contribution in [0.1, 0.15) is 47.6 Å². The summed E-state index contributed by atoms with van der Waals surface area (Å²) in [5.74, 6) is 0.948. The van der Waals surface area contributed by atoms with Gasteiger partial charge in [0, 0.05) is 10.9 Å². The Labute approximate surface area is 177 Å². The topological polar surface area (TPSA) is 51.2 Å². The molecule has 5 heteroatoms. The molecule has 0 fully saturated rings. The zero-order chi connectivity index (χ0) is 21.1. The fourth-order valence-electron chi connectivity index (χ4n) is 3.46. The maximum Gasteiger partial charge on any atom is 0.264 e. The first-order valence-electron chi connectivity index (χ1n) is 9.81. The number of hydrogen-bond acceptors (Lipinski definition) is 4. The number of carbonyl (C=O) groups is 1. The molecule has 0 atom stereocenters. The van der Waals surface area contributed by atoms with Gasteiger partial charge in [-0.05, 0) is 61.9 Å². The van der Waals surface area contributed by atoms with Crippen LogP contribution in [0.25, 0.3) is 11.3 Å². The van der Waals surface area contributed by atoms with Gasteiger partial charge in [-0.2, -0.15) is 0 Å². The fraction of sp³-hybridized carbons (Fsp3) is 0.333. The number of carbonyl (C=O) groups excluding carboxylic acids is 1. The average molecular weight is 409 g/mol. The summed E-state index contributed by atoms with van der Waals surface area (Å²) < 4.78 is 5.77. The summed E-state index contributed by atoms with van der Waals surface area (Å²) in [5.41, 5.74) is 7.85. The lowest BCUT2D eigenvalue weighted by atomic mass is 9.98. The summed E-state index contributed by atoms with van der Waals surface area (Å²) in [4.78, 5) is 17.0. The van der Waals surface area contributed by atoms with Crippen molar-refractivity contribution >= 4 is 22.4 Å². The van der Waals surface area contributed by atoms with Gasteiger partial charge in [0.15, 0.2) is 11.7 Å². The molecule has 0 aliphatic rings. The van der Waals surface area contributed by atoms with Crippen LogP contribution in [-0.2, 0) is 4.79 Å². The van der Waals surface area contributed by atoms with E-state index in [4.69, 9.17) is 4.74 Å². The van der Waals surface area contributed by atoms with Gasteiger partial charge in [0.05, 0.1) is 5.69 Å². The van der Waals surface area contributed by atoms with Crippen molar-refractivity contribution in [2.75, 3.05) is 11.9 Å². The lowest BCUT2D eigenvalue weighted by Crippen LogP contribution is -2.20. The van der Waals surface area contributed by atoms with E-state index >= 15 is 0 Å². The van der Waals surface area contributed by atoms with Crippen LogP contribution < -0.4 is 10.1 Å². The van der Waals surface area contributed by atoms with Gasteiger partial charge in [0.1, 0.15) is 5.75 Å². The lowest BCUT2D eigenvalue weighted by Gasteiger charge is -2.12. The molecule has 0 aliphatic heterocycles. The number of aryl methyl sites for hydroxylation is 4. The van der Waals surface area contributed by atoms with E-state index in [-0.39, 0.29) is 12.5 Å². The molecule has 1 N–H and O–H groups in total. The minimum absolute atomic E-state index is 0.0418. The van der Waals surface area contributed by atoms with E-state index < -0.39 is 0 Å². The van der Waals surface area contributed by atoms with Gasteiger partial charge in [0.25, 0.3) is 5.91 Å². The van der Waals surface area contributed by atoms with Crippen molar-refractivity contribution in [3.63, 3.8) is 0 Å². The molecule has 0 spiro atoms. The zero-order valence-corrected chi connectivity index (χ0v) is 18.7. The summed E-state index contributed by atoms with van der Waals surface area (Å²) in [7, 11) is 0. The van der Waals surface area contributed by atoms with Gasteiger partial charge in [-0.25, -0.2) is 4.98 Å². The highest BCUT2D eigenvalue weighted by molar-refractivity contribution is 7.14. The lowest BCUT2D eigenvalue weighted by molar-refractivity contribution is -0.118. The quantitative estimate of drug-likeness (QED) is 0.529. The molecule has 0 radical (unpaired) electrons. The first-order valence-corrected chi connectivity index (χ1v) is 10.7. The Morgan fingerprint density at radius 1 is 1.07 bits per heavy atom. The molecule has 1 amide bonds. The highest BCUT2D eigenvalue weighted by Gasteiger charge is 2.13. The first-order chi connectivity index (χ1) is 13.7. The number of anilines is 1. The Balaban J connectivity index is 1.67. The minimum atomic E-state index is -0.211. The average Bonchev–Trinajstić information content (AvgIpc) is 3.07. The number of nitrogens with one attached hydrogen (secondary N) is 1. The summed E-state index contributed by atoms with van der Waals surface area (Å²) in [6.07, 6.45) is 0. The molecular formula is C24H28N2O2S. The van der Waals surface area contributed by atoms with E-state index in [0.29, 0.717) is 11.0 Å². The molecular weight excluding hydrogens is 380 g/mol. The second kappa shape index (κ2) is 8.78. The summed E-state index contributed by atoms with van der Waals surface area (Å²) in [5, 5.41) is 5.42. The number of nitrogens with zero attached hydrogens (tertiary/aromatic N) is 1. The van der Waals surface area contributed by atoms with E-state index in [1.807, 2.05) is 24.4 Å². The highest BCUT2D eigenvalue weighted by atomic mass is 32.1. The van der Waals surface area contributed by atoms with Crippen LogP contribution >= 0.6 is 11.3 Å². The Hall–Kier alpha value is -2.66. The van der Waals surface area contributed by atoms with Crippen LogP contribution in [-0.4, -0.2) is 17.5 Å². The Bertz CT molecular complexity index is 1010. The summed E-state index contributed by atoms with van der Waals surface area (Å²) >= 11 is 1.43. The molecule has 1 aromatic heterocycles. The Morgan fingerprint density at radius 3 is 2.41 bits per heavy atom. The van der Waals surface area contributed by atoms with Crippen molar-refractivity contribution in [2.24, 2.45) is 0 Å². The molecule has 2 aromatic carbocycles. The van der Waals surface area contributed by atoms with Crippen LogP contribution in [0.2, 0.25) is 0 Å². The van der Waals surface area contributed by atoms with Crippen LogP contribution in [0.15, 0.2) is 35.7 Å². The fourth-order valence-corrected chi connectivity index (χ4v) is 4.18. The maximum atomic E-state index is 12.4. The molecule has 29 heavy (non-hydrogen) atoms. The van der Waals surface area contributed by atoms with Crippen LogP contribution in [0.4, 0.5) is 5.13 Å². The van der Waals surface area contributed by atoms with E-state index in [9.17, 15) is 4.79 Å². The van der Waals surface area contributed by atoms with Gasteiger partial charge >= 0.3 is 0 Å². The number of thiazole rings is 1. The Kier molecular flexibility index (Phi) is 6.38. The largest absolute Gasteiger partial charge is 0.483 e. The molecule has 4 nitrogen and oxygen atoms in total. The molecule has 0 aliphatic carbocycles. The number of benzene rings is 2. The predicted molar refractivity (Wildman–Crippen MR) is 121 cm³/mol. The van der Waals surface area contributed by atoms with Gasteiger partial charge in [-0.1, -0.05) is 43.7 Å². The van der Waals surface area contributed by atoms with Crippen molar-refractivity contribution < 1.29 is 9.53 Å². The highest BCUT2D eigenvalue weighted by Crippen LogP contribution is 2.31. The summed E-state index contributed by atoms with van der Waals surface area (Å²) in [6, 6.07) is 10.4. The van der Waals surface area contributed by atoms with Gasteiger partial charge in [-0.3, -0.25) is 10.1 Å². The number of rotatable bonds is 6. The predicted octanol–water partition coefficient (Wildman–Crippen LogP) is 6.18. The zero-order valence-electron chi connectivity index (χ0n) is 17.9. The normalized spacial score (nSPS) is 11.0. The standard InChI is InChI=1S/C24H28N2O2S/c1-14(2)19-8-7-16(4)21(11-19)28-12-22(27)26-24-25-20(13-29-24)23-17(5)9-15(3)10-18(23)6/h7-11,13-14H,12H2,1-6H3,(H,25,26,27). The van der Waals surface area contributed by atoms with E-state index in [0.717, 1.165) is 22.6 Å². The van der Waals surface area contributed by atoms with Gasteiger partial charge in [-0.15, -0.1) is 11.3 Å². The molecule has 3 rings (SSSR count). The summed E-state index contributed by atoms with van der Waals surface area (Å²) in [6.45, 7) is 12.5. The van der Waals surface area contributed by atoms with Crippen LogP contribution in [0, 0.1) is 27.7 Å². The van der Waals surface area contributed by atoms with E-state index in [1.165, 1.54) is 33.6 Å².